The van der Waals surface area contributed by atoms with Crippen molar-refractivity contribution >= 4 is 55.8 Å². The van der Waals surface area contributed by atoms with Gasteiger partial charge in [-0.05, 0) is 48.6 Å². The number of amides is 1. The number of hydrogen-bond acceptors (Lipinski definition) is 7. The highest BCUT2D eigenvalue weighted by Gasteiger charge is 2.16. The Kier molecular flexibility index (Phi) is 4.56. The average Bonchev–Trinajstić information content (AvgIpc) is 2.92. The lowest BCUT2D eigenvalue weighted by atomic mass is 10.3. The van der Waals surface area contributed by atoms with E-state index in [1.165, 1.54) is 47.5 Å². The second-order valence-corrected chi connectivity index (χ2v) is 8.21. The van der Waals surface area contributed by atoms with Crippen LogP contribution < -0.4 is 14.8 Å². The molecular formula is C14H12N4O4S3. The predicted molar refractivity (Wildman–Crippen MR) is 97.0 cm³/mol. The number of primary sulfonamides is 1. The van der Waals surface area contributed by atoms with Crippen LogP contribution in [0.5, 0.6) is 5.75 Å². The van der Waals surface area contributed by atoms with E-state index >= 15 is 0 Å². The zero-order chi connectivity index (χ0) is 18.2. The number of anilines is 1. The highest BCUT2D eigenvalue weighted by Crippen LogP contribution is 2.22. The van der Waals surface area contributed by atoms with Crippen molar-refractivity contribution in [3.05, 3.63) is 40.4 Å². The molecule has 11 heteroatoms. The van der Waals surface area contributed by atoms with E-state index in [1.54, 1.807) is 12.1 Å². The maximum atomic E-state index is 12.2. The number of carbonyl (C=O) groups is 1. The average molecular weight is 396 g/mol. The molecule has 1 amide bonds. The van der Waals surface area contributed by atoms with Gasteiger partial charge in [0.15, 0.2) is 3.95 Å². The molecule has 2 aromatic heterocycles. The minimum absolute atomic E-state index is 0.0681. The number of nitrogens with two attached hydrogens (primary N) is 1. The number of nitrogens with one attached hydrogen (secondary N) is 1. The van der Waals surface area contributed by atoms with Gasteiger partial charge in [0.05, 0.1) is 10.4 Å². The Morgan fingerprint density at radius 2 is 1.96 bits per heavy atom. The first kappa shape index (κ1) is 17.5. The molecule has 0 saturated heterocycles. The monoisotopic (exact) mass is 396 g/mol. The number of benzene rings is 1. The summed E-state index contributed by atoms with van der Waals surface area (Å²) >= 11 is 6.37. The lowest BCUT2D eigenvalue weighted by Crippen LogP contribution is -2.30. The number of aromatic nitrogens is 2. The quantitative estimate of drug-likeness (QED) is 0.657. The van der Waals surface area contributed by atoms with Crippen LogP contribution in [0.2, 0.25) is 0 Å². The molecule has 0 saturated carbocycles. The number of carbonyl (C=O) groups excluding carboxylic acids is 1. The number of H-pyrrole nitrogens is 1. The second-order valence-electron chi connectivity index (χ2n) is 4.98. The summed E-state index contributed by atoms with van der Waals surface area (Å²) in [5.74, 6) is 0.575. The van der Waals surface area contributed by atoms with Crippen molar-refractivity contribution in [2.75, 3.05) is 11.9 Å². The molecule has 3 rings (SSSR count). The van der Waals surface area contributed by atoms with E-state index in [0.29, 0.717) is 14.6 Å². The van der Waals surface area contributed by atoms with Crippen LogP contribution in [0.3, 0.4) is 0 Å². The Bertz CT molecular complexity index is 1100. The van der Waals surface area contributed by atoms with Crippen LogP contribution >= 0.6 is 23.6 Å². The van der Waals surface area contributed by atoms with E-state index in [0.717, 1.165) is 5.52 Å². The number of pyridine rings is 1. The molecule has 25 heavy (non-hydrogen) atoms. The molecule has 0 bridgehead atoms. The zero-order valence-corrected chi connectivity index (χ0v) is 15.2. The van der Waals surface area contributed by atoms with Gasteiger partial charge in [-0.15, -0.1) is 0 Å². The van der Waals surface area contributed by atoms with Crippen LogP contribution in [0.15, 0.2) is 41.3 Å². The smallest absolute Gasteiger partial charge is 0.410 e. The van der Waals surface area contributed by atoms with Gasteiger partial charge >= 0.3 is 6.09 Å². The van der Waals surface area contributed by atoms with Gasteiger partial charge in [-0.25, -0.2) is 23.3 Å². The highest BCUT2D eigenvalue weighted by molar-refractivity contribution is 7.89. The summed E-state index contributed by atoms with van der Waals surface area (Å²) < 4.78 is 28.2. The number of sulfonamides is 1. The molecule has 130 valence electrons. The molecular weight excluding hydrogens is 384 g/mol. The molecule has 8 nitrogen and oxygen atoms in total. The van der Waals surface area contributed by atoms with E-state index in [1.807, 2.05) is 0 Å². The van der Waals surface area contributed by atoms with Gasteiger partial charge < -0.3 is 9.72 Å². The molecule has 3 aromatic rings. The fourth-order valence-corrected chi connectivity index (χ4v) is 3.54. The van der Waals surface area contributed by atoms with Crippen molar-refractivity contribution in [3.63, 3.8) is 0 Å². The largest absolute Gasteiger partial charge is 0.420 e. The van der Waals surface area contributed by atoms with Crippen LogP contribution in [0.25, 0.3) is 10.3 Å². The Hall–Kier alpha value is -2.34. The zero-order valence-electron chi connectivity index (χ0n) is 12.8. The summed E-state index contributed by atoms with van der Waals surface area (Å²) in [5.41, 5.74) is 0.791. The first-order valence-corrected chi connectivity index (χ1v) is 9.59. The van der Waals surface area contributed by atoms with Crippen molar-refractivity contribution in [1.29, 1.82) is 0 Å². The van der Waals surface area contributed by atoms with E-state index in [4.69, 9.17) is 22.1 Å². The van der Waals surface area contributed by atoms with Crippen LogP contribution in [0, 0.1) is 3.95 Å². The lowest BCUT2D eigenvalue weighted by molar-refractivity contribution is 0.209. The molecule has 0 atom stereocenters. The summed E-state index contributed by atoms with van der Waals surface area (Å²) in [6, 6.07) is 8.64. The van der Waals surface area contributed by atoms with Gasteiger partial charge in [0.25, 0.3) is 0 Å². The van der Waals surface area contributed by atoms with E-state index in [-0.39, 0.29) is 10.6 Å². The molecule has 0 unspecified atom stereocenters. The Balaban J connectivity index is 1.78. The maximum Gasteiger partial charge on any atom is 0.420 e. The van der Waals surface area contributed by atoms with E-state index in [9.17, 15) is 13.2 Å². The molecule has 1 aromatic carbocycles. The molecule has 0 aliphatic heterocycles. The third kappa shape index (κ3) is 3.85. The minimum Gasteiger partial charge on any atom is -0.410 e. The first-order valence-electron chi connectivity index (χ1n) is 6.82. The van der Waals surface area contributed by atoms with E-state index < -0.39 is 16.1 Å². The Morgan fingerprint density at radius 1 is 1.28 bits per heavy atom. The van der Waals surface area contributed by atoms with Gasteiger partial charge in [0.1, 0.15) is 16.4 Å². The SMILES string of the molecule is CN(C(=O)Oc1ccc(S(N)(=O)=O)cc1)c1ccc2[nH]c(=S)sc2n1. The van der Waals surface area contributed by atoms with E-state index in [2.05, 4.69) is 9.97 Å². The third-order valence-electron chi connectivity index (χ3n) is 3.25. The lowest BCUT2D eigenvalue weighted by Gasteiger charge is -2.15. The first-order chi connectivity index (χ1) is 11.7. The van der Waals surface area contributed by atoms with Gasteiger partial charge in [0, 0.05) is 7.05 Å². The molecule has 0 fully saturated rings. The summed E-state index contributed by atoms with van der Waals surface area (Å²) in [6.07, 6.45) is -0.672. The predicted octanol–water partition coefficient (Wildman–Crippen LogP) is 2.64. The number of aromatic amines is 1. The fraction of sp³-hybridized carbons (Fsp3) is 0.0714. The van der Waals surface area contributed by atoms with Crippen molar-refractivity contribution in [3.8, 4) is 5.75 Å². The standard InChI is InChI=1S/C14H12N4O4S3/c1-18(11-7-6-10-12(17-11)24-13(23)16-10)14(19)22-8-2-4-9(5-3-8)25(15,20)21/h2-7H,1H3,(H,16,23)(H2,15,20,21). The van der Waals surface area contributed by atoms with Crippen LogP contribution in [-0.2, 0) is 10.0 Å². The van der Waals surface area contributed by atoms with Crippen LogP contribution in [0.1, 0.15) is 0 Å². The van der Waals surface area contributed by atoms with Crippen LogP contribution in [0.4, 0.5) is 10.6 Å². The molecule has 0 aliphatic carbocycles. The van der Waals surface area contributed by atoms with Gasteiger partial charge in [-0.3, -0.25) is 4.90 Å². The molecule has 2 heterocycles. The number of thiazole rings is 1. The van der Waals surface area contributed by atoms with Gasteiger partial charge in [0.2, 0.25) is 10.0 Å². The maximum absolute atomic E-state index is 12.2. The summed E-state index contributed by atoms with van der Waals surface area (Å²) in [5, 5.41) is 5.02. The van der Waals surface area contributed by atoms with Gasteiger partial charge in [-0.1, -0.05) is 11.3 Å². The normalized spacial score (nSPS) is 11.4. The highest BCUT2D eigenvalue weighted by atomic mass is 32.2. The third-order valence-corrected chi connectivity index (χ3v) is 5.32. The summed E-state index contributed by atoms with van der Waals surface area (Å²) in [4.78, 5) is 21.4. The fourth-order valence-electron chi connectivity index (χ4n) is 1.97. The van der Waals surface area contributed by atoms with Crippen molar-refractivity contribution in [2.24, 2.45) is 5.14 Å². The second kappa shape index (κ2) is 6.52. The molecule has 0 spiro atoms. The molecule has 0 aliphatic rings. The van der Waals surface area contributed by atoms with Crippen molar-refractivity contribution in [2.45, 2.75) is 4.90 Å². The molecule has 0 radical (unpaired) electrons. The molecule has 3 N–H and O–H groups in total. The van der Waals surface area contributed by atoms with Gasteiger partial charge in [-0.2, -0.15) is 0 Å². The van der Waals surface area contributed by atoms with Crippen molar-refractivity contribution < 1.29 is 17.9 Å². The van der Waals surface area contributed by atoms with Crippen LogP contribution in [-0.4, -0.2) is 31.5 Å². The Labute approximate surface area is 151 Å². The minimum atomic E-state index is -3.80. The Morgan fingerprint density at radius 3 is 2.60 bits per heavy atom. The number of fused-ring (bicyclic) bond motifs is 1. The number of ether oxygens (including phenoxy) is 1. The number of hydrogen-bond donors (Lipinski definition) is 2. The topological polar surface area (TPSA) is 118 Å². The number of rotatable bonds is 3. The summed E-state index contributed by atoms with van der Waals surface area (Å²) in [6.45, 7) is 0. The van der Waals surface area contributed by atoms with Crippen molar-refractivity contribution in [1.82, 2.24) is 9.97 Å². The summed E-state index contributed by atoms with van der Waals surface area (Å²) in [7, 11) is -2.28. The number of nitrogens with zero attached hydrogens (tertiary/aromatic N) is 2.